The summed E-state index contributed by atoms with van der Waals surface area (Å²) in [5, 5.41) is 11.0. The topological polar surface area (TPSA) is 81.4 Å². The van der Waals surface area contributed by atoms with E-state index in [1.54, 1.807) is 0 Å². The van der Waals surface area contributed by atoms with Gasteiger partial charge in [0, 0.05) is 13.1 Å². The van der Waals surface area contributed by atoms with Gasteiger partial charge in [0.05, 0.1) is 4.92 Å². The van der Waals surface area contributed by atoms with E-state index < -0.39 is 4.92 Å². The lowest BCUT2D eigenvalue weighted by molar-refractivity contribution is -0.387. The molecule has 19 heavy (non-hydrogen) atoms. The third-order valence-electron chi connectivity index (χ3n) is 3.13. The maximum atomic E-state index is 11.0. The summed E-state index contributed by atoms with van der Waals surface area (Å²) in [5.41, 5.74) is 0.0104. The Labute approximate surface area is 115 Å². The number of aromatic nitrogens is 2. The first-order chi connectivity index (χ1) is 8.97. The number of likely N-dealkylation sites (tertiary alicyclic amines) is 1. The summed E-state index contributed by atoms with van der Waals surface area (Å²) in [4.78, 5) is 20.3. The number of nitro groups is 1. The second kappa shape index (κ2) is 5.66. The molecule has 0 spiro atoms. The van der Waals surface area contributed by atoms with E-state index in [2.05, 4.69) is 14.9 Å². The van der Waals surface area contributed by atoms with E-state index in [0.717, 1.165) is 25.9 Å². The first kappa shape index (κ1) is 14.0. The van der Waals surface area contributed by atoms with E-state index >= 15 is 0 Å². The Hall–Kier alpha value is -1.47. The predicted molar refractivity (Wildman–Crippen MR) is 69.6 cm³/mol. The molecule has 2 rings (SSSR count). The van der Waals surface area contributed by atoms with Gasteiger partial charge < -0.3 is 9.64 Å². The van der Waals surface area contributed by atoms with Crippen LogP contribution in [0.5, 0.6) is 5.88 Å². The van der Waals surface area contributed by atoms with Crippen molar-refractivity contribution >= 4 is 17.3 Å². The predicted octanol–water partition coefficient (Wildman–Crippen LogP) is 1.82. The molecule has 0 aliphatic carbocycles. The second-order valence-electron chi connectivity index (χ2n) is 4.61. The van der Waals surface area contributed by atoms with Crippen molar-refractivity contribution < 1.29 is 9.66 Å². The minimum Gasteiger partial charge on any atom is -0.469 e. The van der Waals surface area contributed by atoms with Crippen LogP contribution in [-0.2, 0) is 0 Å². The molecule has 0 radical (unpaired) electrons. The van der Waals surface area contributed by atoms with Crippen molar-refractivity contribution in [1.29, 1.82) is 0 Å². The van der Waals surface area contributed by atoms with Crippen LogP contribution in [0.4, 0.5) is 5.69 Å². The maximum absolute atomic E-state index is 11.0. The molecule has 1 aromatic rings. The minimum absolute atomic E-state index is 0.0305. The average Bonchev–Trinajstić information content (AvgIpc) is 2.30. The highest BCUT2D eigenvalue weighted by molar-refractivity contribution is 6.28. The molecule has 7 nitrogen and oxygen atoms in total. The number of hydrogen-bond acceptors (Lipinski definition) is 6. The molecule has 0 unspecified atom stereocenters. The van der Waals surface area contributed by atoms with Gasteiger partial charge in [-0.05, 0) is 38.4 Å². The van der Waals surface area contributed by atoms with Crippen molar-refractivity contribution in [2.45, 2.75) is 25.9 Å². The highest BCUT2D eigenvalue weighted by atomic mass is 35.5. The average molecular weight is 287 g/mol. The number of aryl methyl sites for hydroxylation is 1. The zero-order valence-corrected chi connectivity index (χ0v) is 11.6. The Morgan fingerprint density at radius 3 is 2.63 bits per heavy atom. The van der Waals surface area contributed by atoms with Crippen LogP contribution in [0.25, 0.3) is 0 Å². The van der Waals surface area contributed by atoms with Crippen molar-refractivity contribution in [2.75, 3.05) is 20.1 Å². The highest BCUT2D eigenvalue weighted by Gasteiger charge is 2.27. The van der Waals surface area contributed by atoms with Crippen LogP contribution < -0.4 is 4.74 Å². The Balaban J connectivity index is 2.21. The fourth-order valence-corrected chi connectivity index (χ4v) is 2.26. The van der Waals surface area contributed by atoms with Gasteiger partial charge in [-0.1, -0.05) is 0 Å². The standard InChI is InChI=1S/C11H15ClN4O3/c1-7-9(16(17)18)10(14-11(12)13-7)19-8-3-5-15(2)6-4-8/h8H,3-6H2,1-2H3. The lowest BCUT2D eigenvalue weighted by Gasteiger charge is -2.28. The molecule has 0 bridgehead atoms. The summed E-state index contributed by atoms with van der Waals surface area (Å²) >= 11 is 5.73. The molecule has 1 saturated heterocycles. The fraction of sp³-hybridized carbons (Fsp3) is 0.636. The van der Waals surface area contributed by atoms with Crippen molar-refractivity contribution in [2.24, 2.45) is 0 Å². The molecular weight excluding hydrogens is 272 g/mol. The molecule has 8 heteroatoms. The van der Waals surface area contributed by atoms with Gasteiger partial charge in [-0.3, -0.25) is 10.1 Å². The van der Waals surface area contributed by atoms with Gasteiger partial charge in [-0.15, -0.1) is 0 Å². The molecule has 0 amide bonds. The van der Waals surface area contributed by atoms with E-state index in [1.165, 1.54) is 6.92 Å². The van der Waals surface area contributed by atoms with Crippen LogP contribution in [0.1, 0.15) is 18.5 Å². The molecule has 0 N–H and O–H groups in total. The minimum atomic E-state index is -0.532. The third kappa shape index (κ3) is 3.30. The van der Waals surface area contributed by atoms with Crippen LogP contribution in [-0.4, -0.2) is 46.0 Å². The summed E-state index contributed by atoms with van der Waals surface area (Å²) in [6.07, 6.45) is 1.56. The number of piperidine rings is 1. The lowest BCUT2D eigenvalue weighted by Crippen LogP contribution is -2.36. The molecule has 1 aliphatic rings. The molecule has 1 aromatic heterocycles. The number of ether oxygens (including phenoxy) is 1. The van der Waals surface area contributed by atoms with Gasteiger partial charge >= 0.3 is 5.69 Å². The van der Waals surface area contributed by atoms with E-state index in [9.17, 15) is 10.1 Å². The second-order valence-corrected chi connectivity index (χ2v) is 4.95. The summed E-state index contributed by atoms with van der Waals surface area (Å²) in [6.45, 7) is 3.32. The quantitative estimate of drug-likeness (QED) is 0.479. The Bertz CT molecular complexity index is 489. The normalized spacial score (nSPS) is 17.4. The number of rotatable bonds is 3. The molecular formula is C11H15ClN4O3. The van der Waals surface area contributed by atoms with Gasteiger partial charge in [0.1, 0.15) is 11.8 Å². The van der Waals surface area contributed by atoms with Gasteiger partial charge in [-0.25, -0.2) is 4.98 Å². The monoisotopic (exact) mass is 286 g/mol. The summed E-state index contributed by atoms with van der Waals surface area (Å²) in [6, 6.07) is 0. The van der Waals surface area contributed by atoms with Crippen LogP contribution in [0.3, 0.4) is 0 Å². The fourth-order valence-electron chi connectivity index (χ4n) is 2.06. The number of halogens is 1. The highest BCUT2D eigenvalue weighted by Crippen LogP contribution is 2.30. The van der Waals surface area contributed by atoms with E-state index in [4.69, 9.17) is 16.3 Å². The first-order valence-electron chi connectivity index (χ1n) is 6.01. The lowest BCUT2D eigenvalue weighted by atomic mass is 10.1. The van der Waals surface area contributed by atoms with E-state index in [1.807, 2.05) is 7.05 Å². The molecule has 104 valence electrons. The summed E-state index contributed by atoms with van der Waals surface area (Å²) in [7, 11) is 2.03. The Kier molecular flexibility index (Phi) is 4.16. The van der Waals surface area contributed by atoms with Crippen LogP contribution in [0.15, 0.2) is 0 Å². The van der Waals surface area contributed by atoms with Crippen molar-refractivity contribution in [3.05, 3.63) is 21.1 Å². The van der Waals surface area contributed by atoms with Crippen LogP contribution in [0, 0.1) is 17.0 Å². The van der Waals surface area contributed by atoms with Gasteiger partial charge in [0.15, 0.2) is 0 Å². The van der Waals surface area contributed by atoms with Gasteiger partial charge in [0.2, 0.25) is 5.28 Å². The van der Waals surface area contributed by atoms with Gasteiger partial charge in [-0.2, -0.15) is 4.98 Å². The Morgan fingerprint density at radius 2 is 2.05 bits per heavy atom. The molecule has 2 heterocycles. The zero-order valence-electron chi connectivity index (χ0n) is 10.8. The first-order valence-corrected chi connectivity index (χ1v) is 6.39. The van der Waals surface area contributed by atoms with Crippen molar-refractivity contribution in [3.63, 3.8) is 0 Å². The molecule has 1 fully saturated rings. The van der Waals surface area contributed by atoms with Crippen molar-refractivity contribution in [1.82, 2.24) is 14.9 Å². The zero-order chi connectivity index (χ0) is 14.0. The van der Waals surface area contributed by atoms with Crippen LogP contribution >= 0.6 is 11.6 Å². The molecule has 0 saturated carbocycles. The Morgan fingerprint density at radius 1 is 1.42 bits per heavy atom. The maximum Gasteiger partial charge on any atom is 0.352 e. The molecule has 0 aromatic carbocycles. The van der Waals surface area contributed by atoms with Crippen LogP contribution in [0.2, 0.25) is 5.28 Å². The molecule has 0 atom stereocenters. The number of hydrogen-bond donors (Lipinski definition) is 0. The molecule has 1 aliphatic heterocycles. The van der Waals surface area contributed by atoms with Crippen molar-refractivity contribution in [3.8, 4) is 5.88 Å². The third-order valence-corrected chi connectivity index (χ3v) is 3.29. The van der Waals surface area contributed by atoms with E-state index in [0.29, 0.717) is 0 Å². The summed E-state index contributed by atoms with van der Waals surface area (Å²) in [5.74, 6) is -0.0305. The number of nitrogens with zero attached hydrogens (tertiary/aromatic N) is 4. The summed E-state index contributed by atoms with van der Waals surface area (Å²) < 4.78 is 5.65. The van der Waals surface area contributed by atoms with E-state index in [-0.39, 0.29) is 28.6 Å². The smallest absolute Gasteiger partial charge is 0.352 e. The van der Waals surface area contributed by atoms with Gasteiger partial charge in [0.25, 0.3) is 5.88 Å². The largest absolute Gasteiger partial charge is 0.469 e. The SMILES string of the molecule is Cc1nc(Cl)nc(OC2CCN(C)CC2)c1[N+](=O)[O-].